The summed E-state index contributed by atoms with van der Waals surface area (Å²) in [6, 6.07) is 0. The van der Waals surface area contributed by atoms with Crippen molar-refractivity contribution < 1.29 is 19.7 Å². The third-order valence-electron chi connectivity index (χ3n) is 5.70. The molecule has 0 amide bonds. The molecule has 0 aliphatic rings. The Hall–Kier alpha value is -0.420. The van der Waals surface area contributed by atoms with E-state index in [9.17, 15) is 5.11 Å². The van der Waals surface area contributed by atoms with Crippen LogP contribution in [0.3, 0.4) is 0 Å². The molecule has 2 N–H and O–H groups in total. The van der Waals surface area contributed by atoms with Crippen LogP contribution in [0.2, 0.25) is 0 Å². The van der Waals surface area contributed by atoms with Crippen molar-refractivity contribution in [1.82, 2.24) is 0 Å². The molecule has 0 aromatic heterocycles. The maximum Gasteiger partial charge on any atom is 0.100 e. The predicted molar refractivity (Wildman–Crippen MR) is 128 cm³/mol. The van der Waals surface area contributed by atoms with Gasteiger partial charge < -0.3 is 19.7 Å². The summed E-state index contributed by atoms with van der Waals surface area (Å²) in [6.45, 7) is 2.61. The largest absolute Gasteiger partial charge is 0.394 e. The first kappa shape index (κ1) is 29.6. The molecule has 4 heteroatoms. The smallest absolute Gasteiger partial charge is 0.100 e. The van der Waals surface area contributed by atoms with Crippen LogP contribution in [0.1, 0.15) is 116 Å². The van der Waals surface area contributed by atoms with Crippen molar-refractivity contribution >= 4 is 0 Å². The van der Waals surface area contributed by atoms with E-state index in [2.05, 4.69) is 19.1 Å². The second kappa shape index (κ2) is 24.8. The first-order valence-electron chi connectivity index (χ1n) is 12.8. The van der Waals surface area contributed by atoms with Crippen LogP contribution in [-0.4, -0.2) is 49.4 Å². The first-order valence-corrected chi connectivity index (χ1v) is 12.8. The van der Waals surface area contributed by atoms with Crippen molar-refractivity contribution in [2.45, 2.75) is 128 Å². The summed E-state index contributed by atoms with van der Waals surface area (Å²) in [5, 5.41) is 18.0. The lowest BCUT2D eigenvalue weighted by molar-refractivity contribution is -0.0345. The third-order valence-corrected chi connectivity index (χ3v) is 5.70. The number of ether oxygens (including phenoxy) is 2. The molecule has 30 heavy (non-hydrogen) atoms. The van der Waals surface area contributed by atoms with Gasteiger partial charge in [0.1, 0.15) is 6.10 Å². The highest BCUT2D eigenvalue weighted by Gasteiger charge is 2.07. The van der Waals surface area contributed by atoms with Gasteiger partial charge in [0.15, 0.2) is 0 Å². The minimum atomic E-state index is -0.803. The van der Waals surface area contributed by atoms with Crippen LogP contribution in [0.15, 0.2) is 12.2 Å². The van der Waals surface area contributed by atoms with Gasteiger partial charge in [-0.2, -0.15) is 0 Å². The van der Waals surface area contributed by atoms with Crippen LogP contribution in [0, 0.1) is 0 Å². The monoisotopic (exact) mass is 428 g/mol. The molecule has 0 saturated heterocycles. The average Bonchev–Trinajstić information content (AvgIpc) is 2.76. The second-order valence-corrected chi connectivity index (χ2v) is 8.68. The van der Waals surface area contributed by atoms with Crippen molar-refractivity contribution in [3.63, 3.8) is 0 Å². The van der Waals surface area contributed by atoms with Gasteiger partial charge in [0.2, 0.25) is 0 Å². The van der Waals surface area contributed by atoms with E-state index in [0.717, 1.165) is 12.8 Å². The number of rotatable bonds is 24. The van der Waals surface area contributed by atoms with E-state index in [4.69, 9.17) is 14.6 Å². The number of unbranched alkanes of at least 4 members (excludes halogenated alkanes) is 15. The maximum absolute atomic E-state index is 9.25. The van der Waals surface area contributed by atoms with Crippen molar-refractivity contribution in [2.75, 3.05) is 26.9 Å². The Morgan fingerprint density at radius 1 is 0.700 bits per heavy atom. The molecule has 0 bridgehead atoms. The highest BCUT2D eigenvalue weighted by molar-refractivity contribution is 4.84. The molecule has 0 saturated carbocycles. The summed E-state index contributed by atoms with van der Waals surface area (Å²) in [7, 11) is 1.68. The van der Waals surface area contributed by atoms with E-state index in [-0.39, 0.29) is 19.3 Å². The first-order chi connectivity index (χ1) is 14.7. The number of methoxy groups -OCH3 is 1. The van der Waals surface area contributed by atoms with E-state index in [1.54, 1.807) is 7.11 Å². The van der Waals surface area contributed by atoms with E-state index < -0.39 is 6.10 Å². The fourth-order valence-corrected chi connectivity index (χ4v) is 3.62. The Balaban J connectivity index is 3.30. The molecule has 4 nitrogen and oxygen atoms in total. The van der Waals surface area contributed by atoms with Crippen molar-refractivity contribution in [3.05, 3.63) is 12.2 Å². The Morgan fingerprint density at radius 3 is 1.67 bits per heavy atom. The van der Waals surface area contributed by atoms with E-state index in [1.165, 1.54) is 96.3 Å². The zero-order valence-electron chi connectivity index (χ0n) is 20.2. The SMILES string of the molecule is CCCCCCCCCCCCCCCCC/C=C\C[C@H](COC[C@@H](O)CO)OC. The van der Waals surface area contributed by atoms with Gasteiger partial charge in [-0.25, -0.2) is 0 Å². The quantitative estimate of drug-likeness (QED) is 0.135. The molecule has 0 spiro atoms. The summed E-state index contributed by atoms with van der Waals surface area (Å²) in [5.41, 5.74) is 0. The molecule has 0 unspecified atom stereocenters. The molecule has 0 fully saturated rings. The number of aliphatic hydroxyl groups is 2. The Morgan fingerprint density at radius 2 is 1.20 bits per heavy atom. The fourth-order valence-electron chi connectivity index (χ4n) is 3.62. The summed E-state index contributed by atoms with van der Waals surface area (Å²) >= 11 is 0. The highest BCUT2D eigenvalue weighted by atomic mass is 16.5. The summed E-state index contributed by atoms with van der Waals surface area (Å²) in [5.74, 6) is 0. The van der Waals surface area contributed by atoms with Crippen molar-refractivity contribution in [2.24, 2.45) is 0 Å². The molecule has 0 aliphatic carbocycles. The fraction of sp³-hybridized carbons (Fsp3) is 0.923. The van der Waals surface area contributed by atoms with Crippen molar-refractivity contribution in [3.8, 4) is 0 Å². The Bertz CT molecular complexity index is 346. The third kappa shape index (κ3) is 22.3. The average molecular weight is 429 g/mol. The van der Waals surface area contributed by atoms with Gasteiger partial charge >= 0.3 is 0 Å². The van der Waals surface area contributed by atoms with Gasteiger partial charge in [-0.1, -0.05) is 109 Å². The lowest BCUT2D eigenvalue weighted by atomic mass is 10.0. The second-order valence-electron chi connectivity index (χ2n) is 8.68. The summed E-state index contributed by atoms with van der Waals surface area (Å²) < 4.78 is 10.7. The molecular formula is C26H52O4. The zero-order chi connectivity index (χ0) is 22.1. The van der Waals surface area contributed by atoms with Gasteiger partial charge in [0.05, 0.1) is 25.9 Å². The van der Waals surface area contributed by atoms with E-state index in [1.807, 2.05) is 0 Å². The Kier molecular flexibility index (Phi) is 24.5. The van der Waals surface area contributed by atoms with Crippen molar-refractivity contribution in [1.29, 1.82) is 0 Å². The molecule has 0 radical (unpaired) electrons. The molecule has 180 valence electrons. The van der Waals surface area contributed by atoms with Crippen LogP contribution >= 0.6 is 0 Å². The topological polar surface area (TPSA) is 58.9 Å². The van der Waals surface area contributed by atoms with Gasteiger partial charge in [-0.15, -0.1) is 0 Å². The molecule has 0 heterocycles. The van der Waals surface area contributed by atoms with Crippen LogP contribution < -0.4 is 0 Å². The highest BCUT2D eigenvalue weighted by Crippen LogP contribution is 2.14. The zero-order valence-corrected chi connectivity index (χ0v) is 20.2. The minimum Gasteiger partial charge on any atom is -0.394 e. The molecular weight excluding hydrogens is 376 g/mol. The lowest BCUT2D eigenvalue weighted by Gasteiger charge is -2.15. The predicted octanol–water partition coefficient (Wildman–Crippen LogP) is 6.58. The van der Waals surface area contributed by atoms with Gasteiger partial charge in [0.25, 0.3) is 0 Å². The van der Waals surface area contributed by atoms with Crippen LogP contribution in [0.25, 0.3) is 0 Å². The Labute approximate surface area is 187 Å². The molecule has 0 aromatic carbocycles. The van der Waals surface area contributed by atoms with Gasteiger partial charge in [0, 0.05) is 7.11 Å². The van der Waals surface area contributed by atoms with Crippen LogP contribution in [0.5, 0.6) is 0 Å². The molecule has 2 atom stereocenters. The van der Waals surface area contributed by atoms with Gasteiger partial charge in [-0.05, 0) is 19.3 Å². The summed E-state index contributed by atoms with van der Waals surface area (Å²) in [4.78, 5) is 0. The molecule has 0 aromatic rings. The van der Waals surface area contributed by atoms with E-state index >= 15 is 0 Å². The standard InChI is InChI=1S/C26H52O4/c1-3-4-5-6-7-8-9-10-11-12-13-14-15-16-17-18-19-20-21-26(29-2)24-30-23-25(28)22-27/h19-20,25-28H,3-18,21-24H2,1-2H3/b20-19-/t25-,26+/m0/s1. The number of allylic oxidation sites excluding steroid dienone is 1. The minimum absolute atomic E-state index is 0.00759. The lowest BCUT2D eigenvalue weighted by Crippen LogP contribution is -2.24. The van der Waals surface area contributed by atoms with E-state index in [0.29, 0.717) is 6.61 Å². The molecule has 0 aliphatic heterocycles. The maximum atomic E-state index is 9.25. The summed E-state index contributed by atoms with van der Waals surface area (Å²) in [6.07, 6.45) is 26.6. The van der Waals surface area contributed by atoms with Crippen LogP contribution in [0.4, 0.5) is 0 Å². The van der Waals surface area contributed by atoms with Gasteiger partial charge in [-0.3, -0.25) is 0 Å². The number of hydrogen-bond donors (Lipinski definition) is 2. The van der Waals surface area contributed by atoms with Crippen LogP contribution in [-0.2, 0) is 9.47 Å². The normalized spacial score (nSPS) is 13.9. The molecule has 0 rings (SSSR count). The number of hydrogen-bond acceptors (Lipinski definition) is 4. The number of aliphatic hydroxyl groups excluding tert-OH is 2.